The average molecular weight is 267 g/mol. The van der Waals surface area contributed by atoms with Gasteiger partial charge in [0.05, 0.1) is 10.7 Å². The van der Waals surface area contributed by atoms with Gasteiger partial charge in [-0.2, -0.15) is 0 Å². The number of carbonyl (C=O) groups is 1. The minimum atomic E-state index is -0.0520. The van der Waals surface area contributed by atoms with Gasteiger partial charge in [0.25, 0.3) is 5.91 Å². The van der Waals surface area contributed by atoms with Crippen LogP contribution in [-0.2, 0) is 0 Å². The summed E-state index contributed by atoms with van der Waals surface area (Å²) in [6, 6.07) is 5.32. The molecule has 0 unspecified atom stereocenters. The molecule has 0 aliphatic heterocycles. The SMILES string of the molecule is Nc1ccc(C(=O)NC2CCCCCC2)cc1Cl. The minimum absolute atomic E-state index is 0.0520. The van der Waals surface area contributed by atoms with Gasteiger partial charge in [0.2, 0.25) is 0 Å². The number of nitrogen functional groups attached to an aromatic ring is 1. The van der Waals surface area contributed by atoms with Gasteiger partial charge in [-0.3, -0.25) is 4.79 Å². The molecule has 98 valence electrons. The molecular formula is C14H19ClN2O. The Morgan fingerprint density at radius 1 is 1.22 bits per heavy atom. The first-order valence-corrected chi connectivity index (χ1v) is 6.90. The summed E-state index contributed by atoms with van der Waals surface area (Å²) in [7, 11) is 0. The average Bonchev–Trinajstić information content (AvgIpc) is 2.61. The number of anilines is 1. The number of halogens is 1. The fourth-order valence-electron chi connectivity index (χ4n) is 2.36. The second-order valence-corrected chi connectivity index (χ2v) is 5.31. The van der Waals surface area contributed by atoms with E-state index < -0.39 is 0 Å². The van der Waals surface area contributed by atoms with Gasteiger partial charge >= 0.3 is 0 Å². The van der Waals surface area contributed by atoms with Crippen LogP contribution < -0.4 is 11.1 Å². The van der Waals surface area contributed by atoms with E-state index in [1.807, 2.05) is 0 Å². The van der Waals surface area contributed by atoms with Crippen molar-refractivity contribution in [3.05, 3.63) is 28.8 Å². The van der Waals surface area contributed by atoms with Crippen molar-refractivity contribution in [3.8, 4) is 0 Å². The Balaban J connectivity index is 1.99. The van der Waals surface area contributed by atoms with Gasteiger partial charge in [0.1, 0.15) is 0 Å². The lowest BCUT2D eigenvalue weighted by Gasteiger charge is -2.16. The zero-order valence-electron chi connectivity index (χ0n) is 10.4. The number of rotatable bonds is 2. The first-order valence-electron chi connectivity index (χ1n) is 6.52. The quantitative estimate of drug-likeness (QED) is 0.637. The first-order chi connectivity index (χ1) is 8.66. The monoisotopic (exact) mass is 266 g/mol. The molecule has 4 heteroatoms. The fraction of sp³-hybridized carbons (Fsp3) is 0.500. The summed E-state index contributed by atoms with van der Waals surface area (Å²) in [6.45, 7) is 0. The number of nitrogens with two attached hydrogens (primary N) is 1. The second kappa shape index (κ2) is 6.10. The zero-order chi connectivity index (χ0) is 13.0. The Hall–Kier alpha value is -1.22. The topological polar surface area (TPSA) is 55.1 Å². The van der Waals surface area contributed by atoms with E-state index >= 15 is 0 Å². The van der Waals surface area contributed by atoms with Gasteiger partial charge < -0.3 is 11.1 Å². The highest BCUT2D eigenvalue weighted by Gasteiger charge is 2.16. The Labute approximate surface area is 113 Å². The summed E-state index contributed by atoms with van der Waals surface area (Å²) in [5.74, 6) is -0.0520. The van der Waals surface area contributed by atoms with Crippen LogP contribution in [0, 0.1) is 0 Å². The maximum atomic E-state index is 12.1. The first kappa shape index (κ1) is 13.2. The molecule has 1 aromatic carbocycles. The number of nitrogens with one attached hydrogen (secondary N) is 1. The molecule has 1 fully saturated rings. The molecule has 3 nitrogen and oxygen atoms in total. The predicted molar refractivity (Wildman–Crippen MR) is 74.8 cm³/mol. The van der Waals surface area contributed by atoms with E-state index in [-0.39, 0.29) is 5.91 Å². The number of carbonyl (C=O) groups excluding carboxylic acids is 1. The van der Waals surface area contributed by atoms with Crippen LogP contribution in [0.4, 0.5) is 5.69 Å². The molecule has 1 aliphatic rings. The third-order valence-electron chi connectivity index (χ3n) is 3.45. The Kier molecular flexibility index (Phi) is 4.48. The van der Waals surface area contributed by atoms with Crippen molar-refractivity contribution in [3.63, 3.8) is 0 Å². The van der Waals surface area contributed by atoms with Crippen LogP contribution in [0.15, 0.2) is 18.2 Å². The van der Waals surface area contributed by atoms with E-state index in [9.17, 15) is 4.79 Å². The van der Waals surface area contributed by atoms with Gasteiger partial charge in [-0.15, -0.1) is 0 Å². The molecule has 1 aromatic rings. The molecule has 0 heterocycles. The number of benzene rings is 1. The summed E-state index contributed by atoms with van der Waals surface area (Å²) < 4.78 is 0. The van der Waals surface area contributed by atoms with Crippen LogP contribution >= 0.6 is 11.6 Å². The molecule has 18 heavy (non-hydrogen) atoms. The van der Waals surface area contributed by atoms with Crippen LogP contribution in [0.25, 0.3) is 0 Å². The van der Waals surface area contributed by atoms with E-state index in [1.165, 1.54) is 25.7 Å². The number of amides is 1. The standard InChI is InChI=1S/C14H19ClN2O/c15-12-9-10(7-8-13(12)16)14(18)17-11-5-3-1-2-4-6-11/h7-9,11H,1-6,16H2,(H,17,18). The maximum Gasteiger partial charge on any atom is 0.251 e. The fourth-order valence-corrected chi connectivity index (χ4v) is 2.54. The van der Waals surface area contributed by atoms with Crippen LogP contribution in [0.5, 0.6) is 0 Å². The third kappa shape index (κ3) is 3.39. The summed E-state index contributed by atoms with van der Waals surface area (Å²) in [4.78, 5) is 12.1. The molecule has 0 saturated heterocycles. The molecule has 1 aliphatic carbocycles. The lowest BCUT2D eigenvalue weighted by molar-refractivity contribution is 0.0933. The van der Waals surface area contributed by atoms with Crippen LogP contribution in [-0.4, -0.2) is 11.9 Å². The smallest absolute Gasteiger partial charge is 0.251 e. The van der Waals surface area contributed by atoms with Gasteiger partial charge in [0.15, 0.2) is 0 Å². The Morgan fingerprint density at radius 2 is 1.89 bits per heavy atom. The van der Waals surface area contributed by atoms with Crippen LogP contribution in [0.3, 0.4) is 0 Å². The molecule has 2 rings (SSSR count). The zero-order valence-corrected chi connectivity index (χ0v) is 11.2. The van der Waals surface area contributed by atoms with E-state index in [1.54, 1.807) is 18.2 Å². The predicted octanol–water partition coefficient (Wildman–Crippen LogP) is 3.37. The molecule has 0 aromatic heterocycles. The highest BCUT2D eigenvalue weighted by Crippen LogP contribution is 2.21. The van der Waals surface area contributed by atoms with E-state index in [4.69, 9.17) is 17.3 Å². The summed E-state index contributed by atoms with van der Waals surface area (Å²) >= 11 is 5.92. The molecule has 3 N–H and O–H groups in total. The number of hydrogen-bond acceptors (Lipinski definition) is 2. The Morgan fingerprint density at radius 3 is 2.50 bits per heavy atom. The minimum Gasteiger partial charge on any atom is -0.398 e. The largest absolute Gasteiger partial charge is 0.398 e. The van der Waals surface area contributed by atoms with Crippen molar-refractivity contribution in [2.45, 2.75) is 44.6 Å². The number of hydrogen-bond donors (Lipinski definition) is 2. The lowest BCUT2D eigenvalue weighted by Crippen LogP contribution is -2.34. The van der Waals surface area contributed by atoms with Gasteiger partial charge in [-0.05, 0) is 31.0 Å². The van der Waals surface area contributed by atoms with Crippen molar-refractivity contribution in [2.75, 3.05) is 5.73 Å². The lowest BCUT2D eigenvalue weighted by atomic mass is 10.1. The highest BCUT2D eigenvalue weighted by atomic mass is 35.5. The molecule has 0 bridgehead atoms. The third-order valence-corrected chi connectivity index (χ3v) is 3.78. The van der Waals surface area contributed by atoms with Crippen molar-refractivity contribution >= 4 is 23.2 Å². The molecule has 1 amide bonds. The molecule has 1 saturated carbocycles. The second-order valence-electron chi connectivity index (χ2n) is 4.90. The normalized spacial score (nSPS) is 17.2. The van der Waals surface area contributed by atoms with Gasteiger partial charge in [-0.1, -0.05) is 37.3 Å². The molecular weight excluding hydrogens is 248 g/mol. The van der Waals surface area contributed by atoms with E-state index in [2.05, 4.69) is 5.32 Å². The summed E-state index contributed by atoms with van der Waals surface area (Å²) in [5, 5.41) is 3.52. The van der Waals surface area contributed by atoms with Crippen molar-refractivity contribution < 1.29 is 4.79 Å². The summed E-state index contributed by atoms with van der Waals surface area (Å²) in [5.41, 5.74) is 6.71. The van der Waals surface area contributed by atoms with Gasteiger partial charge in [0, 0.05) is 11.6 Å². The van der Waals surface area contributed by atoms with Gasteiger partial charge in [-0.25, -0.2) is 0 Å². The Bertz CT molecular complexity index is 426. The highest BCUT2D eigenvalue weighted by molar-refractivity contribution is 6.33. The maximum absolute atomic E-state index is 12.1. The van der Waals surface area contributed by atoms with Crippen LogP contribution in [0.2, 0.25) is 5.02 Å². The van der Waals surface area contributed by atoms with Crippen LogP contribution in [0.1, 0.15) is 48.9 Å². The van der Waals surface area contributed by atoms with Crippen molar-refractivity contribution in [2.24, 2.45) is 0 Å². The van der Waals surface area contributed by atoms with E-state index in [0.29, 0.717) is 22.3 Å². The molecule has 0 atom stereocenters. The molecule has 0 spiro atoms. The van der Waals surface area contributed by atoms with E-state index in [0.717, 1.165) is 12.8 Å². The van der Waals surface area contributed by atoms with Crippen molar-refractivity contribution in [1.29, 1.82) is 0 Å². The summed E-state index contributed by atoms with van der Waals surface area (Å²) in [6.07, 6.45) is 7.11. The van der Waals surface area contributed by atoms with Crippen molar-refractivity contribution in [1.82, 2.24) is 5.32 Å². The molecule has 0 radical (unpaired) electrons.